The first-order chi connectivity index (χ1) is 6.95. The first-order valence-corrected chi connectivity index (χ1v) is 3.83. The first kappa shape index (κ1) is 8.30. The molecule has 0 amide bonds. The molecule has 0 saturated heterocycles. The highest BCUT2D eigenvalue weighted by Gasteiger charge is 1.83. The number of nitrogens with zero attached hydrogens (tertiary/aromatic N) is 6. The summed E-state index contributed by atoms with van der Waals surface area (Å²) in [5.74, 6) is 0.199. The van der Waals surface area contributed by atoms with Gasteiger partial charge in [0.1, 0.15) is 0 Å². The van der Waals surface area contributed by atoms with Crippen molar-refractivity contribution in [3.05, 3.63) is 35.5 Å². The Morgan fingerprint density at radius 1 is 1.50 bits per heavy atom. The Kier molecular flexibility index (Phi) is 2.42. The van der Waals surface area contributed by atoms with E-state index in [0.717, 1.165) is 5.56 Å². The van der Waals surface area contributed by atoms with Crippen LogP contribution in [0.3, 0.4) is 0 Å². The lowest BCUT2D eigenvalue weighted by molar-refractivity contribution is 0.881. The van der Waals surface area contributed by atoms with E-state index in [1.54, 1.807) is 18.6 Å². The van der Waals surface area contributed by atoms with Gasteiger partial charge < -0.3 is 0 Å². The van der Waals surface area contributed by atoms with Crippen LogP contribution < -0.4 is 0 Å². The van der Waals surface area contributed by atoms with Crippen molar-refractivity contribution in [2.24, 2.45) is 5.10 Å². The fraction of sp³-hybridized carbons (Fsp3) is 0. The summed E-state index contributed by atoms with van der Waals surface area (Å²) in [5, 5.41) is 16.6. The lowest BCUT2D eigenvalue weighted by Gasteiger charge is -1.96. The molecular weight excluding hydrogens is 182 g/mol. The molecule has 7 nitrogen and oxygen atoms in total. The molecule has 0 bridgehead atoms. The predicted octanol–water partition coefficient (Wildman–Crippen LogP) is 0.634. The lowest BCUT2D eigenvalue weighted by atomic mass is 10.3. The molecule has 0 radical (unpaired) electrons. The van der Waals surface area contributed by atoms with Gasteiger partial charge in [0, 0.05) is 24.2 Å². The van der Waals surface area contributed by atoms with Crippen LogP contribution in [0.2, 0.25) is 0 Å². The lowest BCUT2D eigenvalue weighted by Crippen LogP contribution is -1.80. The summed E-state index contributed by atoms with van der Waals surface area (Å²) in [5.41, 5.74) is 4.55. The highest BCUT2D eigenvalue weighted by atomic mass is 15.5. The smallest absolute Gasteiger partial charge is 0.0830 e. The highest BCUT2D eigenvalue weighted by molar-refractivity contribution is 5.79. The van der Waals surface area contributed by atoms with Gasteiger partial charge in [0.05, 0.1) is 5.95 Å². The fourth-order valence-corrected chi connectivity index (χ4v) is 0.798. The Morgan fingerprint density at radius 3 is 3.21 bits per heavy atom. The third-order valence-corrected chi connectivity index (χ3v) is 1.37. The van der Waals surface area contributed by atoms with E-state index < -0.39 is 0 Å². The van der Waals surface area contributed by atoms with Crippen LogP contribution in [0.15, 0.2) is 29.6 Å². The Hall–Kier alpha value is -2.31. The fourth-order valence-electron chi connectivity index (χ4n) is 0.798. The Bertz CT molecular complexity index is 393. The zero-order valence-electron chi connectivity index (χ0n) is 7.07. The molecule has 2 rings (SSSR count). The van der Waals surface area contributed by atoms with Gasteiger partial charge in [-0.05, 0) is 6.07 Å². The van der Waals surface area contributed by atoms with Gasteiger partial charge in [-0.2, -0.15) is 0 Å². The summed E-state index contributed by atoms with van der Waals surface area (Å²) in [6.07, 6.45) is 4.92. The third-order valence-electron chi connectivity index (χ3n) is 1.37. The van der Waals surface area contributed by atoms with Gasteiger partial charge in [0.25, 0.3) is 0 Å². The van der Waals surface area contributed by atoms with Gasteiger partial charge in [-0.15, -0.1) is 5.21 Å². The van der Waals surface area contributed by atoms with Crippen molar-refractivity contribution >= 4 is 12.2 Å². The molecule has 0 aromatic carbocycles. The van der Waals surface area contributed by atoms with Crippen molar-refractivity contribution in [1.82, 2.24) is 25.6 Å². The van der Waals surface area contributed by atoms with Crippen LogP contribution in [0.1, 0.15) is 5.56 Å². The monoisotopic (exact) mass is 188 g/mol. The van der Waals surface area contributed by atoms with Crippen molar-refractivity contribution in [2.75, 3.05) is 0 Å². The van der Waals surface area contributed by atoms with E-state index in [2.05, 4.69) is 36.1 Å². The zero-order valence-corrected chi connectivity index (χ0v) is 7.07. The second-order valence-corrected chi connectivity index (χ2v) is 2.34. The molecule has 0 aliphatic carbocycles. The first-order valence-electron chi connectivity index (χ1n) is 3.83. The van der Waals surface area contributed by atoms with Crippen LogP contribution >= 0.6 is 0 Å². The largest absolute Gasteiger partial charge is 0.277 e. The van der Waals surface area contributed by atoms with Crippen molar-refractivity contribution in [3.8, 4) is 0 Å². The average molecular weight is 188 g/mol. The number of nitrogens with one attached hydrogen (secondary N) is 1. The number of tetrazole rings is 1. The van der Waals surface area contributed by atoms with Crippen LogP contribution in [0.5, 0.6) is 0 Å². The van der Waals surface area contributed by atoms with Crippen molar-refractivity contribution in [3.63, 3.8) is 0 Å². The van der Waals surface area contributed by atoms with Crippen LogP contribution in [0.4, 0.5) is 5.95 Å². The van der Waals surface area contributed by atoms with Gasteiger partial charge in [0.2, 0.25) is 0 Å². The van der Waals surface area contributed by atoms with Crippen LogP contribution in [-0.4, -0.2) is 31.8 Å². The number of aromatic nitrogens is 5. The predicted molar refractivity (Wildman–Crippen MR) is 49.0 cm³/mol. The molecule has 0 fully saturated rings. The van der Waals surface area contributed by atoms with Gasteiger partial charge in [-0.3, -0.25) is 25.8 Å². The van der Waals surface area contributed by atoms with Crippen molar-refractivity contribution < 1.29 is 0 Å². The van der Waals surface area contributed by atoms with Crippen LogP contribution in [-0.2, 0) is 0 Å². The Labute approximate surface area is 79.3 Å². The van der Waals surface area contributed by atoms with E-state index in [1.165, 1.54) is 0 Å². The normalized spacial score (nSPS) is 10.6. The topological polar surface area (TPSA) is 93.8 Å². The van der Waals surface area contributed by atoms with Crippen molar-refractivity contribution in [2.45, 2.75) is 0 Å². The SMILES string of the molecule is C(=N/[N-]c1nn[nH]n1)/c1cccnc1. The molecule has 2 aromatic heterocycles. The number of rotatable bonds is 3. The molecule has 0 saturated carbocycles. The molecule has 7 heteroatoms. The summed E-state index contributed by atoms with van der Waals surface area (Å²) >= 11 is 0. The Balaban J connectivity index is 1.96. The van der Waals surface area contributed by atoms with Crippen LogP contribution in [0.25, 0.3) is 5.43 Å². The summed E-state index contributed by atoms with van der Waals surface area (Å²) in [6.45, 7) is 0. The molecule has 14 heavy (non-hydrogen) atoms. The van der Waals surface area contributed by atoms with E-state index in [4.69, 9.17) is 0 Å². The summed E-state index contributed by atoms with van der Waals surface area (Å²) in [7, 11) is 0. The maximum atomic E-state index is 3.92. The molecule has 0 aliphatic heterocycles. The summed E-state index contributed by atoms with van der Waals surface area (Å²) in [4.78, 5) is 3.92. The maximum Gasteiger partial charge on any atom is 0.0830 e. The standard InChI is InChI=1S/C7H6N7/c1-2-6(4-8-3-1)5-9-10-7-11-13-14-12-7/h1-5H,(H-,10,11,12,13,14)/q-1/b9-5-. The molecule has 70 valence electrons. The van der Waals surface area contributed by atoms with Gasteiger partial charge in [-0.25, -0.2) is 5.10 Å². The quantitative estimate of drug-likeness (QED) is 0.564. The second-order valence-electron chi connectivity index (χ2n) is 2.34. The van der Waals surface area contributed by atoms with Crippen molar-refractivity contribution in [1.29, 1.82) is 0 Å². The number of hydrogen-bond acceptors (Lipinski definition) is 5. The molecule has 0 unspecified atom stereocenters. The molecular formula is C7H6N7-. The van der Waals surface area contributed by atoms with E-state index in [9.17, 15) is 0 Å². The maximum absolute atomic E-state index is 3.92. The summed E-state index contributed by atoms with van der Waals surface area (Å²) < 4.78 is 0. The zero-order chi connectivity index (χ0) is 9.64. The minimum Gasteiger partial charge on any atom is -0.277 e. The minimum atomic E-state index is 0.199. The number of hydrogen-bond donors (Lipinski definition) is 1. The number of aromatic amines is 1. The minimum absolute atomic E-state index is 0.199. The van der Waals surface area contributed by atoms with Gasteiger partial charge in [-0.1, -0.05) is 6.07 Å². The number of H-pyrrole nitrogens is 1. The Morgan fingerprint density at radius 2 is 2.50 bits per heavy atom. The number of pyridine rings is 1. The van der Waals surface area contributed by atoms with E-state index in [0.29, 0.717) is 0 Å². The molecule has 1 N–H and O–H groups in total. The third kappa shape index (κ3) is 2.09. The molecule has 2 heterocycles. The highest BCUT2D eigenvalue weighted by Crippen LogP contribution is 2.06. The average Bonchev–Trinajstić information content (AvgIpc) is 2.72. The molecule has 0 aliphatic rings. The van der Waals surface area contributed by atoms with E-state index in [-0.39, 0.29) is 5.95 Å². The second kappa shape index (κ2) is 4.08. The van der Waals surface area contributed by atoms with Gasteiger partial charge in [0.15, 0.2) is 0 Å². The van der Waals surface area contributed by atoms with E-state index >= 15 is 0 Å². The molecule has 0 atom stereocenters. The molecule has 0 spiro atoms. The van der Waals surface area contributed by atoms with E-state index in [1.807, 2.05) is 12.1 Å². The summed E-state index contributed by atoms with van der Waals surface area (Å²) in [6, 6.07) is 3.68. The van der Waals surface area contributed by atoms with Crippen LogP contribution in [0, 0.1) is 0 Å². The van der Waals surface area contributed by atoms with Gasteiger partial charge >= 0.3 is 0 Å². The molecule has 2 aromatic rings.